The summed E-state index contributed by atoms with van der Waals surface area (Å²) in [6.45, 7) is 12.5. The Morgan fingerprint density at radius 2 is 1.51 bits per heavy atom. The summed E-state index contributed by atoms with van der Waals surface area (Å²) in [4.78, 5) is 21.6. The molecule has 0 aliphatic heterocycles. The third-order valence-electron chi connectivity index (χ3n) is 7.99. The topological polar surface area (TPSA) is 63.1 Å². The molecule has 5 rings (SSSR count). The fourth-order valence-electron chi connectivity index (χ4n) is 5.50. The van der Waals surface area contributed by atoms with Crippen LogP contribution < -0.4 is 0 Å². The largest absolute Gasteiger partial charge is 0.512 e. The molecule has 0 unspecified atom stereocenters. The Labute approximate surface area is 246 Å². The molecular weight excluding hydrogens is 661 g/mol. The molecule has 207 valence electrons. The maximum absolute atomic E-state index is 11.7. The van der Waals surface area contributed by atoms with Gasteiger partial charge < -0.3 is 5.11 Å². The van der Waals surface area contributed by atoms with E-state index < -0.39 is 0 Å². The van der Waals surface area contributed by atoms with Gasteiger partial charge in [-0.25, -0.2) is 0 Å². The smallest absolute Gasteiger partial charge is 0.162 e. The molecule has 5 heteroatoms. The van der Waals surface area contributed by atoms with E-state index >= 15 is 0 Å². The molecule has 0 saturated heterocycles. The van der Waals surface area contributed by atoms with Crippen molar-refractivity contribution in [2.24, 2.45) is 11.8 Å². The average molecular weight is 700 g/mol. The molecule has 0 bridgehead atoms. The summed E-state index contributed by atoms with van der Waals surface area (Å²) in [5.41, 5.74) is 6.10. The number of aromatic nitrogens is 2. The first kappa shape index (κ1) is 30.7. The molecule has 0 atom stereocenters. The van der Waals surface area contributed by atoms with E-state index in [0.29, 0.717) is 0 Å². The number of aliphatic hydroxyl groups excluding tert-OH is 1. The van der Waals surface area contributed by atoms with Crippen molar-refractivity contribution in [2.75, 3.05) is 0 Å². The fraction of sp³-hybridized carbons (Fsp3) is 0.382. The van der Waals surface area contributed by atoms with Crippen molar-refractivity contribution in [1.82, 2.24) is 9.97 Å². The Morgan fingerprint density at radius 1 is 0.897 bits per heavy atom. The SMILES string of the molecule is CC1(C)c2nc3ccccc3nc2-c2[c-]ccc3cccc1c23.CCC(CC)C(=O)/C=C(\O)C(CC)CC.[Ir]. The molecule has 39 heavy (non-hydrogen) atoms. The van der Waals surface area contributed by atoms with Crippen LogP contribution in [0.1, 0.15) is 78.5 Å². The molecule has 1 aliphatic carbocycles. The van der Waals surface area contributed by atoms with E-state index in [1.54, 1.807) is 0 Å². The van der Waals surface area contributed by atoms with Crippen LogP contribution in [0.5, 0.6) is 0 Å². The number of ketones is 1. The second kappa shape index (κ2) is 13.0. The maximum Gasteiger partial charge on any atom is 0.162 e. The van der Waals surface area contributed by atoms with Crippen molar-refractivity contribution in [2.45, 2.75) is 72.6 Å². The number of allylic oxidation sites excluding steroid dienone is 2. The number of carbonyl (C=O) groups excluding carboxylic acids is 1. The first-order valence-electron chi connectivity index (χ1n) is 13.9. The van der Waals surface area contributed by atoms with Crippen molar-refractivity contribution < 1.29 is 30.0 Å². The van der Waals surface area contributed by atoms with E-state index in [1.165, 1.54) is 22.4 Å². The predicted molar refractivity (Wildman–Crippen MR) is 157 cm³/mol. The van der Waals surface area contributed by atoms with Gasteiger partial charge in [0, 0.05) is 54.8 Å². The first-order chi connectivity index (χ1) is 18.3. The Hall–Kier alpha value is -2.88. The van der Waals surface area contributed by atoms with Crippen molar-refractivity contribution in [1.29, 1.82) is 0 Å². The Kier molecular flexibility index (Phi) is 10.2. The minimum absolute atomic E-state index is 0. The van der Waals surface area contributed by atoms with Crippen molar-refractivity contribution in [3.8, 4) is 11.3 Å². The van der Waals surface area contributed by atoms with Gasteiger partial charge in [0.25, 0.3) is 0 Å². The van der Waals surface area contributed by atoms with Gasteiger partial charge in [-0.3, -0.25) is 14.8 Å². The zero-order chi connectivity index (χ0) is 27.4. The summed E-state index contributed by atoms with van der Waals surface area (Å²) in [6, 6.07) is 22.1. The quantitative estimate of drug-likeness (QED) is 0.119. The monoisotopic (exact) mass is 700 g/mol. The Bertz CT molecular complexity index is 1480. The average Bonchev–Trinajstić information content (AvgIpc) is 2.92. The van der Waals surface area contributed by atoms with Crippen molar-refractivity contribution >= 4 is 27.6 Å². The second-order valence-corrected chi connectivity index (χ2v) is 10.7. The van der Waals surface area contributed by atoms with Gasteiger partial charge in [0.15, 0.2) is 5.78 Å². The molecular formula is C34H39IrN2O2-. The number of benzene rings is 3. The molecule has 1 aromatic heterocycles. The summed E-state index contributed by atoms with van der Waals surface area (Å²) >= 11 is 0. The number of aliphatic hydroxyl groups is 1. The third kappa shape index (κ3) is 6.00. The minimum Gasteiger partial charge on any atom is -0.512 e. The Morgan fingerprint density at radius 3 is 2.13 bits per heavy atom. The van der Waals surface area contributed by atoms with Crippen LogP contribution in [0.4, 0.5) is 0 Å². The molecule has 4 aromatic rings. The predicted octanol–water partition coefficient (Wildman–Crippen LogP) is 8.76. The molecule has 0 spiro atoms. The zero-order valence-corrected chi connectivity index (χ0v) is 26.2. The van der Waals surface area contributed by atoms with Crippen LogP contribution in [0.2, 0.25) is 0 Å². The molecule has 1 radical (unpaired) electrons. The van der Waals surface area contributed by atoms with Crippen LogP contribution in [0, 0.1) is 17.9 Å². The van der Waals surface area contributed by atoms with E-state index in [-0.39, 0.29) is 48.9 Å². The molecule has 1 heterocycles. The first-order valence-corrected chi connectivity index (χ1v) is 13.9. The van der Waals surface area contributed by atoms with Gasteiger partial charge in [0.1, 0.15) is 0 Å². The van der Waals surface area contributed by atoms with Gasteiger partial charge in [0.05, 0.1) is 16.8 Å². The van der Waals surface area contributed by atoms with Crippen LogP contribution in [-0.4, -0.2) is 20.9 Å². The van der Waals surface area contributed by atoms with Crippen LogP contribution in [0.25, 0.3) is 33.1 Å². The fourth-order valence-corrected chi connectivity index (χ4v) is 5.50. The summed E-state index contributed by atoms with van der Waals surface area (Å²) in [6.07, 6.45) is 4.91. The van der Waals surface area contributed by atoms with Gasteiger partial charge in [0.2, 0.25) is 0 Å². The van der Waals surface area contributed by atoms with E-state index in [2.05, 4.69) is 44.2 Å². The van der Waals surface area contributed by atoms with E-state index in [1.807, 2.05) is 58.0 Å². The normalized spacial score (nSPS) is 13.6. The molecule has 1 N–H and O–H groups in total. The summed E-state index contributed by atoms with van der Waals surface area (Å²) in [5, 5.41) is 12.3. The molecule has 0 saturated carbocycles. The summed E-state index contributed by atoms with van der Waals surface area (Å²) in [5.74, 6) is 0.547. The zero-order valence-electron chi connectivity index (χ0n) is 23.8. The number of rotatable bonds is 7. The second-order valence-electron chi connectivity index (χ2n) is 10.7. The van der Waals surface area contributed by atoms with Crippen molar-refractivity contribution in [3.05, 3.63) is 83.8 Å². The number of carbonyl (C=O) groups is 1. The molecule has 0 fully saturated rings. The Balaban J connectivity index is 0.000000233. The number of fused-ring (bicyclic) bond motifs is 3. The standard InChI is InChI=1S/C21H15N2.C13H24O2.Ir/c1-21(2)15-10-6-8-13-7-5-9-14(18(13)15)19-20(21)23-17-12-4-3-11-16(17)22-19;1-5-10(6-2)12(14)9-13(15)11(7-3)8-4;/h3-8,10-12H,1-2H3;9-11,14H,5-8H2,1-4H3;/q-1;;/b;12-9-;. The third-order valence-corrected chi connectivity index (χ3v) is 7.99. The van der Waals surface area contributed by atoms with Gasteiger partial charge in [-0.15, -0.1) is 29.1 Å². The van der Waals surface area contributed by atoms with E-state index in [9.17, 15) is 9.90 Å². The van der Waals surface area contributed by atoms with E-state index in [0.717, 1.165) is 53.7 Å². The molecule has 4 nitrogen and oxygen atoms in total. The van der Waals surface area contributed by atoms with Crippen molar-refractivity contribution in [3.63, 3.8) is 0 Å². The molecule has 0 amide bonds. The van der Waals surface area contributed by atoms with E-state index in [4.69, 9.17) is 9.97 Å². The van der Waals surface area contributed by atoms with Crippen LogP contribution in [0.15, 0.2) is 66.4 Å². The van der Waals surface area contributed by atoms with Gasteiger partial charge in [-0.1, -0.05) is 82.8 Å². The number of para-hydroxylation sites is 2. The number of nitrogens with zero attached hydrogens (tertiary/aromatic N) is 2. The molecule has 1 aliphatic rings. The van der Waals surface area contributed by atoms with Gasteiger partial charge >= 0.3 is 0 Å². The number of hydrogen-bond donors (Lipinski definition) is 1. The number of hydrogen-bond acceptors (Lipinski definition) is 4. The minimum atomic E-state index is -0.173. The van der Waals surface area contributed by atoms with Crippen LogP contribution >= 0.6 is 0 Å². The maximum atomic E-state index is 11.7. The summed E-state index contributed by atoms with van der Waals surface area (Å²) < 4.78 is 0. The summed E-state index contributed by atoms with van der Waals surface area (Å²) in [7, 11) is 0. The van der Waals surface area contributed by atoms with Crippen LogP contribution in [-0.2, 0) is 30.3 Å². The molecule has 3 aromatic carbocycles. The van der Waals surface area contributed by atoms with Gasteiger partial charge in [-0.05, 0) is 37.8 Å². The van der Waals surface area contributed by atoms with Crippen LogP contribution in [0.3, 0.4) is 0 Å². The van der Waals surface area contributed by atoms with Gasteiger partial charge in [-0.2, -0.15) is 0 Å².